The van der Waals surface area contributed by atoms with Gasteiger partial charge in [0.05, 0.1) is 11.1 Å². The van der Waals surface area contributed by atoms with Gasteiger partial charge in [-0.2, -0.15) is 13.2 Å². The Balaban J connectivity index is 2.61. The van der Waals surface area contributed by atoms with Crippen molar-refractivity contribution < 1.29 is 13.2 Å². The Morgan fingerprint density at radius 1 is 1.15 bits per heavy atom. The molecular formula is C14H13F3N2O. The molecule has 0 fully saturated rings. The van der Waals surface area contributed by atoms with Gasteiger partial charge in [0.2, 0.25) is 0 Å². The molecule has 2 aromatic rings. The van der Waals surface area contributed by atoms with Crippen LogP contribution in [-0.4, -0.2) is 9.55 Å². The average Bonchev–Trinajstić information content (AvgIpc) is 2.36. The maximum Gasteiger partial charge on any atom is 0.416 e. The Morgan fingerprint density at radius 2 is 1.80 bits per heavy atom. The third-order valence-electron chi connectivity index (χ3n) is 3.24. The predicted octanol–water partition coefficient (Wildman–Crippen LogP) is 3.08. The molecular weight excluding hydrogens is 269 g/mol. The van der Waals surface area contributed by atoms with E-state index in [1.807, 2.05) is 0 Å². The summed E-state index contributed by atoms with van der Waals surface area (Å²) >= 11 is 0. The SMILES string of the molecule is Cc1cc(C(F)(F)F)ccc1-c1cnc(C)n(C)c1=O. The summed E-state index contributed by atoms with van der Waals surface area (Å²) in [5.41, 5.74) is 0.147. The van der Waals surface area contributed by atoms with E-state index in [1.165, 1.54) is 16.8 Å². The molecule has 0 aliphatic carbocycles. The minimum atomic E-state index is -4.39. The fourth-order valence-corrected chi connectivity index (χ4v) is 1.95. The molecule has 0 saturated heterocycles. The van der Waals surface area contributed by atoms with E-state index in [4.69, 9.17) is 0 Å². The highest BCUT2D eigenvalue weighted by Crippen LogP contribution is 2.32. The second-order valence-electron chi connectivity index (χ2n) is 4.61. The maximum absolute atomic E-state index is 12.6. The Bertz CT molecular complexity index is 717. The van der Waals surface area contributed by atoms with Crippen LogP contribution in [0.1, 0.15) is 17.0 Å². The van der Waals surface area contributed by atoms with Crippen LogP contribution in [0.4, 0.5) is 13.2 Å². The van der Waals surface area contributed by atoms with E-state index >= 15 is 0 Å². The monoisotopic (exact) mass is 282 g/mol. The highest BCUT2D eigenvalue weighted by atomic mass is 19.4. The third kappa shape index (κ3) is 2.45. The second-order valence-corrected chi connectivity index (χ2v) is 4.61. The highest BCUT2D eigenvalue weighted by Gasteiger charge is 2.30. The molecule has 0 atom stereocenters. The number of benzene rings is 1. The second kappa shape index (κ2) is 4.77. The molecule has 0 aliphatic heterocycles. The molecule has 0 aliphatic rings. The molecule has 0 bridgehead atoms. The van der Waals surface area contributed by atoms with Gasteiger partial charge in [0.1, 0.15) is 5.82 Å². The van der Waals surface area contributed by atoms with Gasteiger partial charge in [-0.15, -0.1) is 0 Å². The first-order valence-corrected chi connectivity index (χ1v) is 5.92. The van der Waals surface area contributed by atoms with Crippen molar-refractivity contribution in [3.05, 3.63) is 51.7 Å². The molecule has 0 amide bonds. The number of aromatic nitrogens is 2. The molecule has 3 nitrogen and oxygen atoms in total. The van der Waals surface area contributed by atoms with Crippen LogP contribution in [0.15, 0.2) is 29.2 Å². The van der Waals surface area contributed by atoms with Crippen molar-refractivity contribution in [3.8, 4) is 11.1 Å². The van der Waals surface area contributed by atoms with Crippen molar-refractivity contribution >= 4 is 0 Å². The topological polar surface area (TPSA) is 34.9 Å². The Hall–Kier alpha value is -2.11. The summed E-state index contributed by atoms with van der Waals surface area (Å²) in [7, 11) is 1.58. The van der Waals surface area contributed by atoms with Gasteiger partial charge in [-0.25, -0.2) is 4.98 Å². The summed E-state index contributed by atoms with van der Waals surface area (Å²) in [5, 5.41) is 0. The van der Waals surface area contributed by atoms with Gasteiger partial charge in [-0.05, 0) is 37.1 Å². The number of rotatable bonds is 1. The van der Waals surface area contributed by atoms with Crippen LogP contribution < -0.4 is 5.56 Å². The first-order valence-electron chi connectivity index (χ1n) is 5.92. The molecule has 0 unspecified atom stereocenters. The van der Waals surface area contributed by atoms with Gasteiger partial charge >= 0.3 is 6.18 Å². The van der Waals surface area contributed by atoms with Crippen molar-refractivity contribution in [1.29, 1.82) is 0 Å². The van der Waals surface area contributed by atoms with Gasteiger partial charge in [-0.1, -0.05) is 6.07 Å². The van der Waals surface area contributed by atoms with E-state index < -0.39 is 11.7 Å². The van der Waals surface area contributed by atoms with Crippen LogP contribution in [0.2, 0.25) is 0 Å². The van der Waals surface area contributed by atoms with Crippen LogP contribution in [0.3, 0.4) is 0 Å². The number of halogens is 3. The summed E-state index contributed by atoms with van der Waals surface area (Å²) in [6.45, 7) is 3.23. The highest BCUT2D eigenvalue weighted by molar-refractivity contribution is 5.66. The zero-order valence-electron chi connectivity index (χ0n) is 11.2. The smallest absolute Gasteiger partial charge is 0.300 e. The summed E-state index contributed by atoms with van der Waals surface area (Å²) in [6, 6.07) is 3.32. The lowest BCUT2D eigenvalue weighted by Crippen LogP contribution is -2.22. The Labute approximate surface area is 113 Å². The molecule has 0 spiro atoms. The first kappa shape index (κ1) is 14.3. The van der Waals surface area contributed by atoms with Gasteiger partial charge in [-0.3, -0.25) is 9.36 Å². The fraction of sp³-hybridized carbons (Fsp3) is 0.286. The molecule has 0 N–H and O–H groups in total. The molecule has 0 radical (unpaired) electrons. The van der Waals surface area contributed by atoms with Crippen LogP contribution in [0, 0.1) is 13.8 Å². The minimum Gasteiger partial charge on any atom is -0.300 e. The third-order valence-corrected chi connectivity index (χ3v) is 3.24. The summed E-state index contributed by atoms with van der Waals surface area (Å²) in [6.07, 6.45) is -2.99. The zero-order valence-corrected chi connectivity index (χ0v) is 11.2. The Kier molecular flexibility index (Phi) is 3.41. The summed E-state index contributed by atoms with van der Waals surface area (Å²) in [4.78, 5) is 16.2. The molecule has 1 aromatic carbocycles. The molecule has 2 rings (SSSR count). The standard InChI is InChI=1S/C14H13F3N2O/c1-8-6-10(14(15,16)17)4-5-11(8)12-7-18-9(2)19(3)13(12)20/h4-7H,1-3H3. The number of alkyl halides is 3. The van der Waals surface area contributed by atoms with Crippen LogP contribution in [0.5, 0.6) is 0 Å². The maximum atomic E-state index is 12.6. The quantitative estimate of drug-likeness (QED) is 0.805. The van der Waals surface area contributed by atoms with Crippen molar-refractivity contribution in [2.24, 2.45) is 7.05 Å². The number of nitrogens with zero attached hydrogens (tertiary/aromatic N) is 2. The van der Waals surface area contributed by atoms with Crippen LogP contribution in [-0.2, 0) is 13.2 Å². The van der Waals surface area contributed by atoms with Crippen LogP contribution >= 0.6 is 0 Å². The van der Waals surface area contributed by atoms with E-state index in [2.05, 4.69) is 4.98 Å². The molecule has 1 heterocycles. The summed E-state index contributed by atoms with van der Waals surface area (Å²) < 4.78 is 39.2. The molecule has 20 heavy (non-hydrogen) atoms. The zero-order chi connectivity index (χ0) is 15.1. The van der Waals surface area contributed by atoms with E-state index in [0.717, 1.165) is 12.1 Å². The molecule has 106 valence electrons. The van der Waals surface area contributed by atoms with E-state index in [0.29, 0.717) is 22.5 Å². The van der Waals surface area contributed by atoms with Crippen molar-refractivity contribution in [2.75, 3.05) is 0 Å². The molecule has 6 heteroatoms. The van der Waals surface area contributed by atoms with E-state index in [9.17, 15) is 18.0 Å². The van der Waals surface area contributed by atoms with Gasteiger partial charge in [0.25, 0.3) is 5.56 Å². The normalized spacial score (nSPS) is 11.7. The van der Waals surface area contributed by atoms with Crippen molar-refractivity contribution in [1.82, 2.24) is 9.55 Å². The predicted molar refractivity (Wildman–Crippen MR) is 69.4 cm³/mol. The van der Waals surface area contributed by atoms with Gasteiger partial charge < -0.3 is 0 Å². The van der Waals surface area contributed by atoms with Crippen molar-refractivity contribution in [2.45, 2.75) is 20.0 Å². The Morgan fingerprint density at radius 3 is 2.35 bits per heavy atom. The lowest BCUT2D eigenvalue weighted by atomic mass is 10.00. The average molecular weight is 282 g/mol. The lowest BCUT2D eigenvalue weighted by molar-refractivity contribution is -0.137. The van der Waals surface area contributed by atoms with Crippen LogP contribution in [0.25, 0.3) is 11.1 Å². The number of aryl methyl sites for hydroxylation is 2. The van der Waals surface area contributed by atoms with Crippen molar-refractivity contribution in [3.63, 3.8) is 0 Å². The number of hydrogen-bond donors (Lipinski definition) is 0. The fourth-order valence-electron chi connectivity index (χ4n) is 1.95. The van der Waals surface area contributed by atoms with E-state index in [-0.39, 0.29) is 5.56 Å². The largest absolute Gasteiger partial charge is 0.416 e. The number of hydrogen-bond acceptors (Lipinski definition) is 2. The minimum absolute atomic E-state index is 0.277. The first-order chi connectivity index (χ1) is 9.21. The van der Waals surface area contributed by atoms with Gasteiger partial charge in [0, 0.05) is 13.2 Å². The molecule has 0 saturated carbocycles. The summed E-state index contributed by atoms with van der Waals surface area (Å²) in [5.74, 6) is 0.545. The lowest BCUT2D eigenvalue weighted by Gasteiger charge is -2.12. The van der Waals surface area contributed by atoms with E-state index in [1.54, 1.807) is 20.9 Å². The molecule has 1 aromatic heterocycles. The van der Waals surface area contributed by atoms with Gasteiger partial charge in [0.15, 0.2) is 0 Å².